The molecule has 3 N–H and O–H groups in total. The predicted molar refractivity (Wildman–Crippen MR) is 91.6 cm³/mol. The average molecular weight is 330 g/mol. The van der Waals surface area contributed by atoms with Gasteiger partial charge in [-0.1, -0.05) is 11.6 Å². The molecule has 2 aromatic carbocycles. The summed E-state index contributed by atoms with van der Waals surface area (Å²) in [6.45, 7) is 0. The van der Waals surface area contributed by atoms with Crippen molar-refractivity contribution in [2.75, 3.05) is 17.8 Å². The number of imidazole rings is 1. The van der Waals surface area contributed by atoms with E-state index in [4.69, 9.17) is 11.6 Å². The molecule has 0 aliphatic carbocycles. The van der Waals surface area contributed by atoms with Crippen molar-refractivity contribution >= 4 is 45.2 Å². The summed E-state index contributed by atoms with van der Waals surface area (Å²) in [6, 6.07) is 10.1. The van der Waals surface area contributed by atoms with Gasteiger partial charge in [0.25, 0.3) is 0 Å². The Labute approximate surface area is 136 Å². The van der Waals surface area contributed by atoms with Gasteiger partial charge in [0, 0.05) is 35.2 Å². The summed E-state index contributed by atoms with van der Waals surface area (Å²) >= 11 is 6.07. The zero-order valence-electron chi connectivity index (χ0n) is 12.2. The molecule has 4 aromatic rings. The van der Waals surface area contributed by atoms with Gasteiger partial charge in [-0.2, -0.15) is 0 Å². The Hall–Kier alpha value is -2.73. The van der Waals surface area contributed by atoms with Crippen molar-refractivity contribution in [3.8, 4) is 0 Å². The number of fused-ring (bicyclic) bond motifs is 2. The van der Waals surface area contributed by atoms with Crippen LogP contribution in [0.3, 0.4) is 0 Å². The third-order valence-electron chi connectivity index (χ3n) is 3.73. The third kappa shape index (κ3) is 2.27. The molecule has 0 aliphatic heterocycles. The first-order valence-electron chi connectivity index (χ1n) is 7.05. The summed E-state index contributed by atoms with van der Waals surface area (Å²) in [4.78, 5) is 7.63. The fourth-order valence-electron chi connectivity index (χ4n) is 2.68. The van der Waals surface area contributed by atoms with Crippen LogP contribution in [-0.4, -0.2) is 21.7 Å². The summed E-state index contributed by atoms with van der Waals surface area (Å²) in [5, 5.41) is 4.87. The van der Waals surface area contributed by atoms with Crippen LogP contribution in [0.25, 0.3) is 21.9 Å². The molecule has 116 valence electrons. The molecule has 5 nitrogen and oxygen atoms in total. The van der Waals surface area contributed by atoms with Crippen molar-refractivity contribution in [1.82, 2.24) is 14.6 Å². The van der Waals surface area contributed by atoms with E-state index in [1.54, 1.807) is 17.8 Å². The molecule has 2 heterocycles. The van der Waals surface area contributed by atoms with E-state index in [0.717, 1.165) is 22.1 Å². The van der Waals surface area contributed by atoms with E-state index in [0.29, 0.717) is 16.5 Å². The Morgan fingerprint density at radius 3 is 2.91 bits per heavy atom. The van der Waals surface area contributed by atoms with Crippen molar-refractivity contribution in [1.29, 1.82) is 0 Å². The SMILES string of the molecule is CNn1c(Nc2c[nH]c3ccc(Cl)cc23)nc2cc(F)ccc21. The number of rotatable bonds is 3. The van der Waals surface area contributed by atoms with E-state index in [1.165, 1.54) is 12.1 Å². The summed E-state index contributed by atoms with van der Waals surface area (Å²) in [6.07, 6.45) is 1.85. The highest BCUT2D eigenvalue weighted by atomic mass is 35.5. The molecule has 0 fully saturated rings. The molecule has 0 aliphatic rings. The molecule has 0 bridgehead atoms. The lowest BCUT2D eigenvalue weighted by Crippen LogP contribution is -2.11. The Morgan fingerprint density at radius 2 is 2.09 bits per heavy atom. The van der Waals surface area contributed by atoms with Gasteiger partial charge in [-0.15, -0.1) is 0 Å². The maximum absolute atomic E-state index is 13.4. The van der Waals surface area contributed by atoms with Crippen LogP contribution in [0.2, 0.25) is 5.02 Å². The lowest BCUT2D eigenvalue weighted by molar-refractivity contribution is 0.629. The molecule has 23 heavy (non-hydrogen) atoms. The number of aromatic nitrogens is 3. The summed E-state index contributed by atoms with van der Waals surface area (Å²) in [7, 11) is 1.78. The van der Waals surface area contributed by atoms with Crippen LogP contribution in [0.1, 0.15) is 0 Å². The number of benzene rings is 2. The smallest absolute Gasteiger partial charge is 0.227 e. The largest absolute Gasteiger partial charge is 0.359 e. The second-order valence-corrected chi connectivity index (χ2v) is 5.58. The van der Waals surface area contributed by atoms with E-state index in [2.05, 4.69) is 20.7 Å². The Kier molecular flexibility index (Phi) is 3.12. The third-order valence-corrected chi connectivity index (χ3v) is 3.97. The second-order valence-electron chi connectivity index (χ2n) is 5.14. The van der Waals surface area contributed by atoms with Gasteiger partial charge in [0.05, 0.1) is 16.7 Å². The van der Waals surface area contributed by atoms with E-state index < -0.39 is 0 Å². The van der Waals surface area contributed by atoms with E-state index in [-0.39, 0.29) is 5.82 Å². The number of anilines is 2. The van der Waals surface area contributed by atoms with Crippen molar-refractivity contribution in [3.05, 3.63) is 53.4 Å². The van der Waals surface area contributed by atoms with Gasteiger partial charge in [-0.25, -0.2) is 14.1 Å². The van der Waals surface area contributed by atoms with Crippen LogP contribution >= 0.6 is 11.6 Å². The van der Waals surface area contributed by atoms with E-state index in [1.807, 2.05) is 24.4 Å². The number of nitrogens with zero attached hydrogens (tertiary/aromatic N) is 2. The zero-order chi connectivity index (χ0) is 16.0. The Balaban J connectivity index is 1.84. The first-order chi connectivity index (χ1) is 11.2. The van der Waals surface area contributed by atoms with Crippen molar-refractivity contribution < 1.29 is 4.39 Å². The highest BCUT2D eigenvalue weighted by molar-refractivity contribution is 6.31. The highest BCUT2D eigenvalue weighted by Gasteiger charge is 2.13. The zero-order valence-corrected chi connectivity index (χ0v) is 12.9. The summed E-state index contributed by atoms with van der Waals surface area (Å²) < 4.78 is 15.2. The second kappa shape index (κ2) is 5.17. The molecule has 2 aromatic heterocycles. The molecule has 0 saturated heterocycles. The molecule has 0 spiro atoms. The van der Waals surface area contributed by atoms with Crippen LogP contribution in [0.4, 0.5) is 16.0 Å². The topological polar surface area (TPSA) is 57.7 Å². The fraction of sp³-hybridized carbons (Fsp3) is 0.0625. The van der Waals surface area contributed by atoms with Gasteiger partial charge >= 0.3 is 0 Å². The predicted octanol–water partition coefficient (Wildman–Crippen LogP) is 4.23. The number of aromatic amines is 1. The van der Waals surface area contributed by atoms with E-state index >= 15 is 0 Å². The minimum absolute atomic E-state index is 0.316. The molecule has 7 heteroatoms. The fourth-order valence-corrected chi connectivity index (χ4v) is 2.85. The molecule has 0 saturated carbocycles. The Morgan fingerprint density at radius 1 is 1.22 bits per heavy atom. The lowest BCUT2D eigenvalue weighted by atomic mass is 10.2. The number of hydrogen-bond acceptors (Lipinski definition) is 3. The van der Waals surface area contributed by atoms with Crippen molar-refractivity contribution in [2.45, 2.75) is 0 Å². The normalized spacial score (nSPS) is 11.3. The Bertz CT molecular complexity index is 1020. The van der Waals surface area contributed by atoms with Crippen LogP contribution in [0.5, 0.6) is 0 Å². The number of hydrogen-bond donors (Lipinski definition) is 3. The molecule has 0 unspecified atom stereocenters. The van der Waals surface area contributed by atoms with Gasteiger partial charge in [-0.3, -0.25) is 0 Å². The maximum Gasteiger partial charge on any atom is 0.227 e. The standard InChI is InChI=1S/C16H13ClFN5/c1-19-23-15-5-3-10(18)7-13(15)21-16(23)22-14-8-20-12-4-2-9(17)6-11(12)14/h2-8,19-20H,1H3,(H,21,22). The summed E-state index contributed by atoms with van der Waals surface area (Å²) in [5.41, 5.74) is 6.21. The van der Waals surface area contributed by atoms with Crippen molar-refractivity contribution in [3.63, 3.8) is 0 Å². The summed E-state index contributed by atoms with van der Waals surface area (Å²) in [5.74, 6) is 0.248. The maximum atomic E-state index is 13.4. The lowest BCUT2D eigenvalue weighted by Gasteiger charge is -2.09. The molecule has 0 atom stereocenters. The van der Waals surface area contributed by atoms with Crippen LogP contribution in [-0.2, 0) is 0 Å². The number of nitrogens with one attached hydrogen (secondary N) is 3. The van der Waals surface area contributed by atoms with Gasteiger partial charge < -0.3 is 15.7 Å². The first-order valence-corrected chi connectivity index (χ1v) is 7.43. The first kappa shape index (κ1) is 13.9. The molecule has 4 rings (SSSR count). The molecule has 0 radical (unpaired) electrons. The average Bonchev–Trinajstić information content (AvgIpc) is 3.08. The minimum atomic E-state index is -0.316. The molecule has 0 amide bonds. The van der Waals surface area contributed by atoms with Crippen LogP contribution in [0, 0.1) is 5.82 Å². The van der Waals surface area contributed by atoms with Crippen LogP contribution < -0.4 is 10.7 Å². The number of halogens is 2. The van der Waals surface area contributed by atoms with Gasteiger partial charge in [-0.05, 0) is 30.3 Å². The quantitative estimate of drug-likeness (QED) is 0.527. The molecular formula is C16H13ClFN5. The van der Waals surface area contributed by atoms with Gasteiger partial charge in [0.1, 0.15) is 5.82 Å². The van der Waals surface area contributed by atoms with E-state index in [9.17, 15) is 4.39 Å². The highest BCUT2D eigenvalue weighted by Crippen LogP contribution is 2.29. The minimum Gasteiger partial charge on any atom is -0.359 e. The van der Waals surface area contributed by atoms with Crippen molar-refractivity contribution in [2.24, 2.45) is 0 Å². The van der Waals surface area contributed by atoms with Gasteiger partial charge in [0.2, 0.25) is 5.95 Å². The molecular weight excluding hydrogens is 317 g/mol. The van der Waals surface area contributed by atoms with Gasteiger partial charge in [0.15, 0.2) is 0 Å². The number of H-pyrrole nitrogens is 1. The monoisotopic (exact) mass is 329 g/mol. The van der Waals surface area contributed by atoms with Crippen LogP contribution in [0.15, 0.2) is 42.6 Å².